The predicted octanol–water partition coefficient (Wildman–Crippen LogP) is 2.01. The van der Waals surface area contributed by atoms with Crippen LogP contribution in [0, 0.1) is 5.82 Å². The number of hydrogen-bond donors (Lipinski definition) is 1. The maximum Gasteiger partial charge on any atom is 0.164 e. The Hall–Kier alpha value is -1.46. The van der Waals surface area contributed by atoms with Crippen LogP contribution < -0.4 is 4.90 Å². The van der Waals surface area contributed by atoms with Gasteiger partial charge in [0.2, 0.25) is 0 Å². The molecule has 1 aliphatic heterocycles. The Morgan fingerprint density at radius 3 is 2.75 bits per heavy atom. The minimum atomic E-state index is -0.464. The normalized spacial score (nSPS) is 16.4. The largest absolute Gasteiger partial charge is 0.394 e. The molecule has 1 aromatic carbocycles. The van der Waals surface area contributed by atoms with Crippen molar-refractivity contribution >= 4 is 11.5 Å². The SMILES string of the molecule is CC(=O)c1c(F)cccc1N1CCC(OCCO)CC1. The van der Waals surface area contributed by atoms with Crippen LogP contribution in [0.5, 0.6) is 0 Å². The van der Waals surface area contributed by atoms with E-state index >= 15 is 0 Å². The van der Waals surface area contributed by atoms with Crippen LogP contribution in [0.1, 0.15) is 30.1 Å². The van der Waals surface area contributed by atoms with Crippen LogP contribution in [0.2, 0.25) is 0 Å². The second-order valence-corrected chi connectivity index (χ2v) is 4.97. The quantitative estimate of drug-likeness (QED) is 0.839. The molecule has 1 saturated heterocycles. The highest BCUT2D eigenvalue weighted by Gasteiger charge is 2.23. The molecule has 0 aliphatic carbocycles. The number of ether oxygens (including phenoxy) is 1. The van der Waals surface area contributed by atoms with Gasteiger partial charge in [0.05, 0.1) is 30.6 Å². The molecule has 1 aromatic rings. The summed E-state index contributed by atoms with van der Waals surface area (Å²) in [4.78, 5) is 13.6. The van der Waals surface area contributed by atoms with E-state index in [0.29, 0.717) is 12.3 Å². The second kappa shape index (κ2) is 6.81. The number of Topliss-reactive ketones (excluding diaryl/α,β-unsaturated/α-hetero) is 1. The molecule has 0 amide bonds. The third kappa shape index (κ3) is 3.35. The molecule has 0 atom stereocenters. The molecule has 1 N–H and O–H groups in total. The van der Waals surface area contributed by atoms with Crippen LogP contribution >= 0.6 is 0 Å². The summed E-state index contributed by atoms with van der Waals surface area (Å²) in [6.45, 7) is 3.21. The maximum absolute atomic E-state index is 13.8. The first-order valence-electron chi connectivity index (χ1n) is 6.90. The van der Waals surface area contributed by atoms with E-state index in [2.05, 4.69) is 0 Å². The van der Waals surface area contributed by atoms with Crippen molar-refractivity contribution in [3.63, 3.8) is 0 Å². The minimum absolute atomic E-state index is 0.0264. The van der Waals surface area contributed by atoms with Crippen LogP contribution in [0.4, 0.5) is 10.1 Å². The Kier molecular flexibility index (Phi) is 5.09. The average molecular weight is 281 g/mol. The molecule has 0 bridgehead atoms. The van der Waals surface area contributed by atoms with Crippen LogP contribution in [0.15, 0.2) is 18.2 Å². The van der Waals surface area contributed by atoms with Gasteiger partial charge in [-0.1, -0.05) is 6.07 Å². The van der Waals surface area contributed by atoms with Crippen molar-refractivity contribution < 1.29 is 19.0 Å². The lowest BCUT2D eigenvalue weighted by Gasteiger charge is -2.34. The van der Waals surface area contributed by atoms with E-state index in [1.54, 1.807) is 12.1 Å². The molecule has 0 unspecified atom stereocenters. The van der Waals surface area contributed by atoms with Crippen molar-refractivity contribution in [1.29, 1.82) is 0 Å². The molecule has 4 nitrogen and oxygen atoms in total. The Morgan fingerprint density at radius 2 is 2.15 bits per heavy atom. The topological polar surface area (TPSA) is 49.8 Å². The van der Waals surface area contributed by atoms with E-state index < -0.39 is 5.82 Å². The van der Waals surface area contributed by atoms with Gasteiger partial charge in [-0.3, -0.25) is 4.79 Å². The van der Waals surface area contributed by atoms with E-state index in [1.165, 1.54) is 13.0 Å². The smallest absolute Gasteiger partial charge is 0.164 e. The number of anilines is 1. The Morgan fingerprint density at radius 1 is 1.45 bits per heavy atom. The van der Waals surface area contributed by atoms with Crippen molar-refractivity contribution in [2.75, 3.05) is 31.2 Å². The second-order valence-electron chi connectivity index (χ2n) is 4.97. The lowest BCUT2D eigenvalue weighted by molar-refractivity contribution is 0.0159. The molecule has 2 rings (SSSR count). The molecule has 0 saturated carbocycles. The number of halogens is 1. The number of ketones is 1. The number of carbonyl (C=O) groups excluding carboxylic acids is 1. The molecule has 1 aliphatic rings. The van der Waals surface area contributed by atoms with Gasteiger partial charge in [0.25, 0.3) is 0 Å². The Bertz CT molecular complexity index is 470. The van der Waals surface area contributed by atoms with Crippen LogP contribution in [0.3, 0.4) is 0 Å². The summed E-state index contributed by atoms with van der Waals surface area (Å²) in [6, 6.07) is 4.73. The Balaban J connectivity index is 2.07. The number of hydrogen-bond acceptors (Lipinski definition) is 4. The van der Waals surface area contributed by atoms with Gasteiger partial charge in [-0.05, 0) is 31.9 Å². The third-order valence-electron chi connectivity index (χ3n) is 3.57. The molecule has 1 fully saturated rings. The van der Waals surface area contributed by atoms with Gasteiger partial charge in [-0.2, -0.15) is 0 Å². The predicted molar refractivity (Wildman–Crippen MR) is 74.7 cm³/mol. The molecule has 110 valence electrons. The number of aliphatic hydroxyl groups is 1. The zero-order valence-electron chi connectivity index (χ0n) is 11.6. The fourth-order valence-corrected chi connectivity index (χ4v) is 2.61. The van der Waals surface area contributed by atoms with Crippen molar-refractivity contribution in [3.05, 3.63) is 29.6 Å². The summed E-state index contributed by atoms with van der Waals surface area (Å²) in [5.74, 6) is -0.717. The average Bonchev–Trinajstić information content (AvgIpc) is 2.45. The van der Waals surface area contributed by atoms with Gasteiger partial charge in [-0.15, -0.1) is 0 Å². The van der Waals surface area contributed by atoms with Crippen molar-refractivity contribution in [3.8, 4) is 0 Å². The number of piperidine rings is 1. The highest BCUT2D eigenvalue weighted by Crippen LogP contribution is 2.27. The molecular weight excluding hydrogens is 261 g/mol. The van der Waals surface area contributed by atoms with E-state index in [1.807, 2.05) is 4.90 Å². The van der Waals surface area contributed by atoms with Crippen molar-refractivity contribution in [2.24, 2.45) is 0 Å². The molecule has 20 heavy (non-hydrogen) atoms. The fourth-order valence-electron chi connectivity index (χ4n) is 2.61. The van der Waals surface area contributed by atoms with Crippen LogP contribution in [-0.4, -0.2) is 43.3 Å². The number of rotatable bonds is 5. The third-order valence-corrected chi connectivity index (χ3v) is 3.57. The first-order chi connectivity index (χ1) is 9.63. The van der Waals surface area contributed by atoms with Crippen molar-refractivity contribution in [2.45, 2.75) is 25.9 Å². The van der Waals surface area contributed by atoms with E-state index in [0.717, 1.165) is 25.9 Å². The van der Waals surface area contributed by atoms with Gasteiger partial charge >= 0.3 is 0 Å². The molecule has 1 heterocycles. The zero-order chi connectivity index (χ0) is 14.5. The summed E-state index contributed by atoms with van der Waals surface area (Å²) in [7, 11) is 0. The summed E-state index contributed by atoms with van der Waals surface area (Å²) in [5.41, 5.74) is 0.834. The highest BCUT2D eigenvalue weighted by molar-refractivity contribution is 6.00. The molecule has 5 heteroatoms. The molecule has 0 spiro atoms. The van der Waals surface area contributed by atoms with Crippen LogP contribution in [-0.2, 0) is 4.74 Å². The highest BCUT2D eigenvalue weighted by atomic mass is 19.1. The molecule has 0 aromatic heterocycles. The van der Waals surface area contributed by atoms with Gasteiger partial charge in [-0.25, -0.2) is 4.39 Å². The number of benzene rings is 1. The maximum atomic E-state index is 13.8. The van der Waals surface area contributed by atoms with E-state index in [-0.39, 0.29) is 24.1 Å². The van der Waals surface area contributed by atoms with Crippen LogP contribution in [0.25, 0.3) is 0 Å². The Labute approximate surface area is 118 Å². The van der Waals surface area contributed by atoms with Gasteiger partial charge in [0.15, 0.2) is 5.78 Å². The standard InChI is InChI=1S/C15H20FNO3/c1-11(19)15-13(16)3-2-4-14(15)17-7-5-12(6-8-17)20-10-9-18/h2-4,12,18H,5-10H2,1H3. The number of nitrogens with zero attached hydrogens (tertiary/aromatic N) is 1. The summed E-state index contributed by atoms with van der Waals surface area (Å²) < 4.78 is 19.3. The lowest BCUT2D eigenvalue weighted by atomic mass is 10.0. The summed E-state index contributed by atoms with van der Waals surface area (Å²) >= 11 is 0. The van der Waals surface area contributed by atoms with Crippen molar-refractivity contribution in [1.82, 2.24) is 0 Å². The molecule has 0 radical (unpaired) electrons. The summed E-state index contributed by atoms with van der Waals surface area (Å²) in [5, 5.41) is 8.74. The van der Waals surface area contributed by atoms with Gasteiger partial charge < -0.3 is 14.7 Å². The number of aliphatic hydroxyl groups excluding tert-OH is 1. The van der Waals surface area contributed by atoms with E-state index in [9.17, 15) is 9.18 Å². The van der Waals surface area contributed by atoms with E-state index in [4.69, 9.17) is 9.84 Å². The fraction of sp³-hybridized carbons (Fsp3) is 0.533. The first-order valence-corrected chi connectivity index (χ1v) is 6.90. The number of carbonyl (C=O) groups is 1. The minimum Gasteiger partial charge on any atom is -0.394 e. The zero-order valence-corrected chi connectivity index (χ0v) is 11.6. The first kappa shape index (κ1) is 14.9. The summed E-state index contributed by atoms with van der Waals surface area (Å²) in [6.07, 6.45) is 1.76. The van der Waals surface area contributed by atoms with Gasteiger partial charge in [0, 0.05) is 13.1 Å². The monoisotopic (exact) mass is 281 g/mol. The molecular formula is C15H20FNO3. The lowest BCUT2D eigenvalue weighted by Crippen LogP contribution is -2.38. The van der Waals surface area contributed by atoms with Gasteiger partial charge in [0.1, 0.15) is 5.82 Å².